The molecule has 2 unspecified atom stereocenters. The Balaban J connectivity index is 1.69. The Hall–Kier alpha value is -1.55. The SMILES string of the molecule is O=C(NC1CCCCC1CO)c1ccc2c(c1)CCN2. The van der Waals surface area contributed by atoms with E-state index in [0.29, 0.717) is 0 Å². The average Bonchev–Trinajstić information content (AvgIpc) is 2.95. The predicted molar refractivity (Wildman–Crippen MR) is 78.9 cm³/mol. The Morgan fingerprint density at radius 1 is 1.35 bits per heavy atom. The van der Waals surface area contributed by atoms with Gasteiger partial charge in [-0.3, -0.25) is 4.79 Å². The molecule has 1 aliphatic carbocycles. The zero-order chi connectivity index (χ0) is 13.9. The lowest BCUT2D eigenvalue weighted by atomic mass is 9.85. The Bertz CT molecular complexity index is 501. The summed E-state index contributed by atoms with van der Waals surface area (Å²) in [5.74, 6) is 0.203. The van der Waals surface area contributed by atoms with Crippen LogP contribution in [0, 0.1) is 5.92 Å². The van der Waals surface area contributed by atoms with Crippen molar-refractivity contribution in [1.29, 1.82) is 0 Å². The van der Waals surface area contributed by atoms with Gasteiger partial charge in [-0.1, -0.05) is 12.8 Å². The maximum absolute atomic E-state index is 12.4. The molecule has 0 spiro atoms. The number of hydrogen-bond acceptors (Lipinski definition) is 3. The summed E-state index contributed by atoms with van der Waals surface area (Å²) in [4.78, 5) is 12.4. The van der Waals surface area contributed by atoms with Crippen LogP contribution in [0.15, 0.2) is 18.2 Å². The molecule has 1 saturated carbocycles. The van der Waals surface area contributed by atoms with Gasteiger partial charge in [-0.05, 0) is 43.0 Å². The van der Waals surface area contributed by atoms with Crippen molar-refractivity contribution in [3.63, 3.8) is 0 Å². The van der Waals surface area contributed by atoms with E-state index in [4.69, 9.17) is 0 Å². The Morgan fingerprint density at radius 2 is 2.20 bits per heavy atom. The first-order chi connectivity index (χ1) is 9.78. The van der Waals surface area contributed by atoms with E-state index in [0.717, 1.165) is 49.9 Å². The van der Waals surface area contributed by atoms with E-state index in [1.54, 1.807) is 0 Å². The molecule has 3 N–H and O–H groups in total. The van der Waals surface area contributed by atoms with Crippen molar-refractivity contribution in [2.45, 2.75) is 38.1 Å². The summed E-state index contributed by atoms with van der Waals surface area (Å²) in [5.41, 5.74) is 3.10. The molecule has 1 fully saturated rings. The first-order valence-electron chi connectivity index (χ1n) is 7.56. The standard InChI is InChI=1S/C16H22N2O2/c19-10-13-3-1-2-4-15(13)18-16(20)12-5-6-14-11(9-12)7-8-17-14/h5-6,9,13,15,17,19H,1-4,7-8,10H2,(H,18,20). The summed E-state index contributed by atoms with van der Waals surface area (Å²) in [6, 6.07) is 5.97. The second-order valence-corrected chi connectivity index (χ2v) is 5.86. The largest absolute Gasteiger partial charge is 0.396 e. The van der Waals surface area contributed by atoms with Gasteiger partial charge in [0.25, 0.3) is 5.91 Å². The summed E-state index contributed by atoms with van der Waals surface area (Å²) < 4.78 is 0. The van der Waals surface area contributed by atoms with Gasteiger partial charge in [0, 0.05) is 36.4 Å². The Labute approximate surface area is 119 Å². The number of hydrogen-bond donors (Lipinski definition) is 3. The van der Waals surface area contributed by atoms with Crippen molar-refractivity contribution in [2.75, 3.05) is 18.5 Å². The number of benzene rings is 1. The summed E-state index contributed by atoms with van der Waals surface area (Å²) in [6.07, 6.45) is 5.26. The van der Waals surface area contributed by atoms with Crippen LogP contribution in [0.4, 0.5) is 5.69 Å². The summed E-state index contributed by atoms with van der Waals surface area (Å²) in [7, 11) is 0. The fourth-order valence-corrected chi connectivity index (χ4v) is 3.31. The molecule has 2 aliphatic rings. The first kappa shape index (κ1) is 13.4. The van der Waals surface area contributed by atoms with E-state index in [9.17, 15) is 9.90 Å². The van der Waals surface area contributed by atoms with E-state index in [2.05, 4.69) is 10.6 Å². The fourth-order valence-electron chi connectivity index (χ4n) is 3.31. The van der Waals surface area contributed by atoms with E-state index < -0.39 is 0 Å². The van der Waals surface area contributed by atoms with E-state index in [1.807, 2.05) is 18.2 Å². The van der Waals surface area contributed by atoms with Gasteiger partial charge in [-0.25, -0.2) is 0 Å². The molecule has 108 valence electrons. The third kappa shape index (κ3) is 2.66. The molecule has 0 bridgehead atoms. The number of aliphatic hydroxyl groups is 1. The van der Waals surface area contributed by atoms with Gasteiger partial charge >= 0.3 is 0 Å². The van der Waals surface area contributed by atoms with E-state index in [1.165, 1.54) is 5.56 Å². The molecular weight excluding hydrogens is 252 g/mol. The first-order valence-corrected chi connectivity index (χ1v) is 7.56. The lowest BCUT2D eigenvalue weighted by Crippen LogP contribution is -2.43. The normalized spacial score (nSPS) is 24.9. The van der Waals surface area contributed by atoms with Crippen LogP contribution in [0.5, 0.6) is 0 Å². The van der Waals surface area contributed by atoms with Crippen molar-refractivity contribution >= 4 is 11.6 Å². The molecule has 2 atom stereocenters. The monoisotopic (exact) mass is 274 g/mol. The number of anilines is 1. The number of carbonyl (C=O) groups is 1. The number of amides is 1. The van der Waals surface area contributed by atoms with Gasteiger partial charge in [0.1, 0.15) is 0 Å². The van der Waals surface area contributed by atoms with Crippen LogP contribution >= 0.6 is 0 Å². The van der Waals surface area contributed by atoms with Crippen LogP contribution in [0.2, 0.25) is 0 Å². The van der Waals surface area contributed by atoms with Crippen molar-refractivity contribution in [3.05, 3.63) is 29.3 Å². The van der Waals surface area contributed by atoms with Crippen LogP contribution in [-0.4, -0.2) is 30.2 Å². The lowest BCUT2D eigenvalue weighted by molar-refractivity contribution is 0.0872. The molecule has 0 radical (unpaired) electrons. The van der Waals surface area contributed by atoms with E-state index in [-0.39, 0.29) is 24.5 Å². The molecule has 1 aliphatic heterocycles. The topological polar surface area (TPSA) is 61.4 Å². The molecule has 1 aromatic carbocycles. The van der Waals surface area contributed by atoms with Gasteiger partial charge < -0.3 is 15.7 Å². The molecular formula is C16H22N2O2. The minimum atomic E-state index is -0.00921. The average molecular weight is 274 g/mol. The smallest absolute Gasteiger partial charge is 0.251 e. The van der Waals surface area contributed by atoms with Gasteiger partial charge in [0.15, 0.2) is 0 Å². The Kier molecular flexibility index (Phi) is 3.92. The van der Waals surface area contributed by atoms with Crippen molar-refractivity contribution in [2.24, 2.45) is 5.92 Å². The fraction of sp³-hybridized carbons (Fsp3) is 0.562. The number of aliphatic hydroxyl groups excluding tert-OH is 1. The highest BCUT2D eigenvalue weighted by Crippen LogP contribution is 2.26. The predicted octanol–water partition coefficient (Wildman–Crippen LogP) is 1.94. The van der Waals surface area contributed by atoms with Gasteiger partial charge in [0.05, 0.1) is 0 Å². The number of nitrogens with one attached hydrogen (secondary N) is 2. The summed E-state index contributed by atoms with van der Waals surface area (Å²) in [6.45, 7) is 1.12. The van der Waals surface area contributed by atoms with Crippen LogP contribution < -0.4 is 10.6 Å². The molecule has 3 rings (SSSR count). The summed E-state index contributed by atoms with van der Waals surface area (Å²) in [5, 5.41) is 15.8. The highest BCUT2D eigenvalue weighted by atomic mass is 16.3. The van der Waals surface area contributed by atoms with Crippen LogP contribution in [0.3, 0.4) is 0 Å². The molecule has 0 saturated heterocycles. The molecule has 4 nitrogen and oxygen atoms in total. The minimum Gasteiger partial charge on any atom is -0.396 e. The quantitative estimate of drug-likeness (QED) is 0.789. The van der Waals surface area contributed by atoms with Crippen LogP contribution in [-0.2, 0) is 6.42 Å². The highest BCUT2D eigenvalue weighted by Gasteiger charge is 2.26. The Morgan fingerprint density at radius 3 is 3.05 bits per heavy atom. The molecule has 1 amide bonds. The molecule has 20 heavy (non-hydrogen) atoms. The van der Waals surface area contributed by atoms with Gasteiger partial charge in [-0.2, -0.15) is 0 Å². The zero-order valence-electron chi connectivity index (χ0n) is 11.7. The number of rotatable bonds is 3. The summed E-state index contributed by atoms with van der Waals surface area (Å²) >= 11 is 0. The second kappa shape index (κ2) is 5.83. The van der Waals surface area contributed by atoms with Crippen molar-refractivity contribution < 1.29 is 9.90 Å². The van der Waals surface area contributed by atoms with Crippen molar-refractivity contribution in [1.82, 2.24) is 5.32 Å². The third-order valence-corrected chi connectivity index (χ3v) is 4.54. The second-order valence-electron chi connectivity index (χ2n) is 5.86. The maximum atomic E-state index is 12.4. The zero-order valence-corrected chi connectivity index (χ0v) is 11.7. The van der Waals surface area contributed by atoms with Crippen LogP contribution in [0.25, 0.3) is 0 Å². The molecule has 1 aromatic rings. The third-order valence-electron chi connectivity index (χ3n) is 4.54. The molecule has 0 aromatic heterocycles. The van der Waals surface area contributed by atoms with Crippen LogP contribution in [0.1, 0.15) is 41.6 Å². The molecule has 1 heterocycles. The number of fused-ring (bicyclic) bond motifs is 1. The van der Waals surface area contributed by atoms with Gasteiger partial charge in [0.2, 0.25) is 0 Å². The minimum absolute atomic E-state index is 0.00921. The lowest BCUT2D eigenvalue weighted by Gasteiger charge is -2.30. The molecule has 4 heteroatoms. The van der Waals surface area contributed by atoms with E-state index >= 15 is 0 Å². The number of carbonyl (C=O) groups excluding carboxylic acids is 1. The van der Waals surface area contributed by atoms with Gasteiger partial charge in [-0.15, -0.1) is 0 Å². The highest BCUT2D eigenvalue weighted by molar-refractivity contribution is 5.95. The maximum Gasteiger partial charge on any atom is 0.251 e. The van der Waals surface area contributed by atoms with Crippen molar-refractivity contribution in [3.8, 4) is 0 Å².